The van der Waals surface area contributed by atoms with Crippen LogP contribution in [0.1, 0.15) is 78.1 Å². The Hall–Kier alpha value is -1.56. The maximum atomic E-state index is 3.91. The van der Waals surface area contributed by atoms with E-state index in [1.165, 1.54) is 31.3 Å². The molecule has 0 saturated carbocycles. The van der Waals surface area contributed by atoms with Crippen LogP contribution in [0.15, 0.2) is 72.9 Å². The SMILES string of the molecule is C=C(C)CC/C=C\C/C=C\C/C=C\C/C=C\C/C=C\CCCCC. The van der Waals surface area contributed by atoms with Crippen LogP contribution in [0, 0.1) is 0 Å². The van der Waals surface area contributed by atoms with E-state index in [1.54, 1.807) is 0 Å². The lowest BCUT2D eigenvalue weighted by atomic mass is 10.2. The molecule has 24 heavy (non-hydrogen) atoms. The number of hydrogen-bond acceptors (Lipinski definition) is 0. The van der Waals surface area contributed by atoms with Crippen molar-refractivity contribution in [2.24, 2.45) is 0 Å². The number of unbranched alkanes of at least 4 members (excludes halogenated alkanes) is 3. The quantitative estimate of drug-likeness (QED) is 0.210. The van der Waals surface area contributed by atoms with Crippen molar-refractivity contribution in [1.82, 2.24) is 0 Å². The lowest BCUT2D eigenvalue weighted by molar-refractivity contribution is 0.728. The molecule has 0 fully saturated rings. The van der Waals surface area contributed by atoms with Gasteiger partial charge in [0.25, 0.3) is 0 Å². The molecule has 0 rings (SSSR count). The summed E-state index contributed by atoms with van der Waals surface area (Å²) >= 11 is 0. The highest BCUT2D eigenvalue weighted by Gasteiger charge is 1.82. The fourth-order valence-corrected chi connectivity index (χ4v) is 2.16. The van der Waals surface area contributed by atoms with E-state index in [-0.39, 0.29) is 0 Å². The fraction of sp³-hybridized carbons (Fsp3) is 0.500. The van der Waals surface area contributed by atoms with Crippen LogP contribution in [0.5, 0.6) is 0 Å². The minimum atomic E-state index is 1.03. The summed E-state index contributed by atoms with van der Waals surface area (Å²) in [5, 5.41) is 0. The fourth-order valence-electron chi connectivity index (χ4n) is 2.16. The van der Waals surface area contributed by atoms with E-state index in [0.717, 1.165) is 38.5 Å². The topological polar surface area (TPSA) is 0 Å². The molecule has 0 spiro atoms. The van der Waals surface area contributed by atoms with E-state index in [9.17, 15) is 0 Å². The molecule has 0 aromatic heterocycles. The largest absolute Gasteiger partial charge is 0.100 e. The van der Waals surface area contributed by atoms with E-state index < -0.39 is 0 Å². The van der Waals surface area contributed by atoms with Crippen molar-refractivity contribution in [3.8, 4) is 0 Å². The van der Waals surface area contributed by atoms with E-state index in [0.29, 0.717) is 0 Å². The molecule has 0 heteroatoms. The summed E-state index contributed by atoms with van der Waals surface area (Å²) in [6.45, 7) is 8.24. The van der Waals surface area contributed by atoms with Crippen molar-refractivity contribution in [1.29, 1.82) is 0 Å². The normalized spacial score (nSPS) is 12.8. The van der Waals surface area contributed by atoms with Crippen LogP contribution < -0.4 is 0 Å². The molecule has 0 atom stereocenters. The van der Waals surface area contributed by atoms with Gasteiger partial charge in [0.05, 0.1) is 0 Å². The Kier molecular flexibility index (Phi) is 18.2. The molecule has 0 amide bonds. The van der Waals surface area contributed by atoms with Crippen LogP contribution in [-0.4, -0.2) is 0 Å². The van der Waals surface area contributed by atoms with Gasteiger partial charge in [0.15, 0.2) is 0 Å². The smallest absolute Gasteiger partial charge is 0.0169 e. The van der Waals surface area contributed by atoms with Crippen LogP contribution in [-0.2, 0) is 0 Å². The highest BCUT2D eigenvalue weighted by atomic mass is 13.9. The monoisotopic (exact) mass is 326 g/mol. The number of hydrogen-bond donors (Lipinski definition) is 0. The Morgan fingerprint density at radius 2 is 1.04 bits per heavy atom. The highest BCUT2D eigenvalue weighted by Crippen LogP contribution is 2.02. The number of allylic oxidation sites excluding steroid dienone is 11. The first-order valence-electron chi connectivity index (χ1n) is 9.66. The average Bonchev–Trinajstić information content (AvgIpc) is 2.56. The Balaban J connectivity index is 3.46. The zero-order chi connectivity index (χ0) is 17.7. The van der Waals surface area contributed by atoms with Crippen LogP contribution >= 0.6 is 0 Å². The van der Waals surface area contributed by atoms with Crippen molar-refractivity contribution in [2.45, 2.75) is 78.1 Å². The average molecular weight is 327 g/mol. The van der Waals surface area contributed by atoms with Gasteiger partial charge in [0.2, 0.25) is 0 Å². The van der Waals surface area contributed by atoms with E-state index in [4.69, 9.17) is 0 Å². The molecular formula is C24H38. The molecule has 0 aromatic carbocycles. The minimum absolute atomic E-state index is 1.03. The minimum Gasteiger partial charge on any atom is -0.100 e. The molecule has 0 heterocycles. The maximum Gasteiger partial charge on any atom is -0.0169 e. The summed E-state index contributed by atoms with van der Waals surface area (Å²) in [5.74, 6) is 0. The molecule has 0 aliphatic rings. The van der Waals surface area contributed by atoms with Crippen molar-refractivity contribution in [3.05, 3.63) is 72.9 Å². The second-order valence-electron chi connectivity index (χ2n) is 6.29. The van der Waals surface area contributed by atoms with Gasteiger partial charge in [-0.25, -0.2) is 0 Å². The molecule has 0 N–H and O–H groups in total. The van der Waals surface area contributed by atoms with Gasteiger partial charge in [-0.15, -0.1) is 6.58 Å². The van der Waals surface area contributed by atoms with Crippen LogP contribution in [0.3, 0.4) is 0 Å². The Bertz CT molecular complexity index is 415. The first-order valence-corrected chi connectivity index (χ1v) is 9.66. The van der Waals surface area contributed by atoms with E-state index in [2.05, 4.69) is 81.2 Å². The molecule has 0 saturated heterocycles. The highest BCUT2D eigenvalue weighted by molar-refractivity contribution is 5.01. The van der Waals surface area contributed by atoms with Crippen LogP contribution in [0.2, 0.25) is 0 Å². The molecule has 0 nitrogen and oxygen atoms in total. The molecule has 0 radical (unpaired) electrons. The molecule has 0 aliphatic carbocycles. The van der Waals surface area contributed by atoms with Gasteiger partial charge in [-0.05, 0) is 58.3 Å². The standard InChI is InChI=1S/C24H38/c1-4-5-6-7-8-9-10-11-12-13-14-15-16-17-18-19-20-21-22-23-24(2)3/h8-9,11-12,14-15,17-18,20-21H,2,4-7,10,13,16,19,22-23H2,1,3H3/b9-8-,12-11-,15-14-,18-17-,21-20-. The van der Waals surface area contributed by atoms with Crippen LogP contribution in [0.4, 0.5) is 0 Å². The molecule has 0 bridgehead atoms. The third-order valence-electron chi connectivity index (χ3n) is 3.63. The third-order valence-corrected chi connectivity index (χ3v) is 3.63. The summed E-state index contributed by atoms with van der Waals surface area (Å²) in [6, 6.07) is 0. The predicted octanol–water partition coefficient (Wildman–Crippen LogP) is 8.26. The zero-order valence-electron chi connectivity index (χ0n) is 16.1. The lowest BCUT2D eigenvalue weighted by Crippen LogP contribution is -1.71. The summed E-state index contributed by atoms with van der Waals surface area (Å²) in [6.07, 6.45) is 34.2. The molecule has 0 aromatic rings. The summed E-state index contributed by atoms with van der Waals surface area (Å²) in [4.78, 5) is 0. The Morgan fingerprint density at radius 3 is 1.46 bits per heavy atom. The zero-order valence-corrected chi connectivity index (χ0v) is 16.1. The molecule has 134 valence electrons. The van der Waals surface area contributed by atoms with E-state index in [1.807, 2.05) is 0 Å². The molecule has 0 aliphatic heterocycles. The van der Waals surface area contributed by atoms with Crippen molar-refractivity contribution >= 4 is 0 Å². The van der Waals surface area contributed by atoms with Crippen LogP contribution in [0.25, 0.3) is 0 Å². The second-order valence-corrected chi connectivity index (χ2v) is 6.29. The lowest BCUT2D eigenvalue weighted by Gasteiger charge is -1.91. The van der Waals surface area contributed by atoms with Crippen molar-refractivity contribution in [3.63, 3.8) is 0 Å². The van der Waals surface area contributed by atoms with Gasteiger partial charge in [-0.1, -0.05) is 86.1 Å². The first-order chi connectivity index (χ1) is 11.8. The summed E-state index contributed by atoms with van der Waals surface area (Å²) in [5.41, 5.74) is 1.26. The van der Waals surface area contributed by atoms with Gasteiger partial charge in [0, 0.05) is 0 Å². The third kappa shape index (κ3) is 20.4. The number of rotatable bonds is 15. The predicted molar refractivity (Wildman–Crippen MR) is 112 cm³/mol. The second kappa shape index (κ2) is 19.5. The van der Waals surface area contributed by atoms with Gasteiger partial charge < -0.3 is 0 Å². The molecule has 0 unspecified atom stereocenters. The first kappa shape index (κ1) is 22.4. The van der Waals surface area contributed by atoms with E-state index >= 15 is 0 Å². The Morgan fingerprint density at radius 1 is 0.625 bits per heavy atom. The summed E-state index contributed by atoms with van der Waals surface area (Å²) in [7, 11) is 0. The van der Waals surface area contributed by atoms with Gasteiger partial charge in [0.1, 0.15) is 0 Å². The van der Waals surface area contributed by atoms with Gasteiger partial charge >= 0.3 is 0 Å². The van der Waals surface area contributed by atoms with Crippen molar-refractivity contribution < 1.29 is 0 Å². The molecular weight excluding hydrogens is 288 g/mol. The Labute approximate surface area is 151 Å². The summed E-state index contributed by atoms with van der Waals surface area (Å²) < 4.78 is 0. The van der Waals surface area contributed by atoms with Gasteiger partial charge in [-0.3, -0.25) is 0 Å². The van der Waals surface area contributed by atoms with Gasteiger partial charge in [-0.2, -0.15) is 0 Å². The maximum absolute atomic E-state index is 3.91. The van der Waals surface area contributed by atoms with Crippen molar-refractivity contribution in [2.75, 3.05) is 0 Å².